The summed E-state index contributed by atoms with van der Waals surface area (Å²) in [5.74, 6) is -0.822. The first kappa shape index (κ1) is 18.2. The maximum absolute atomic E-state index is 13.9. The SMILES string of the molecule is COc1cc(C2(C(=O)Nc3cc(C(F)(F)F)ccc3F)CC2)ccc1C. The van der Waals surface area contributed by atoms with Crippen LogP contribution in [0.1, 0.15) is 29.5 Å². The van der Waals surface area contributed by atoms with Crippen LogP contribution in [0.3, 0.4) is 0 Å². The molecule has 0 atom stereocenters. The van der Waals surface area contributed by atoms with Gasteiger partial charge in [-0.15, -0.1) is 0 Å². The first-order chi connectivity index (χ1) is 12.2. The molecule has 2 aromatic rings. The molecule has 0 aliphatic heterocycles. The lowest BCUT2D eigenvalue weighted by Crippen LogP contribution is -2.28. The van der Waals surface area contributed by atoms with E-state index >= 15 is 0 Å². The number of alkyl halides is 3. The van der Waals surface area contributed by atoms with Crippen molar-refractivity contribution >= 4 is 11.6 Å². The molecule has 7 heteroatoms. The number of hydrogen-bond acceptors (Lipinski definition) is 2. The molecule has 2 aromatic carbocycles. The zero-order valence-corrected chi connectivity index (χ0v) is 14.2. The second-order valence-corrected chi connectivity index (χ2v) is 6.41. The number of benzene rings is 2. The molecule has 0 aromatic heterocycles. The Morgan fingerprint density at radius 1 is 1.15 bits per heavy atom. The summed E-state index contributed by atoms with van der Waals surface area (Å²) in [5.41, 5.74) is -0.769. The third-order valence-electron chi connectivity index (χ3n) is 4.69. The summed E-state index contributed by atoms with van der Waals surface area (Å²) in [5, 5.41) is 2.32. The van der Waals surface area contributed by atoms with E-state index in [1.54, 1.807) is 12.1 Å². The van der Waals surface area contributed by atoms with E-state index in [-0.39, 0.29) is 0 Å². The fourth-order valence-electron chi connectivity index (χ4n) is 2.93. The third kappa shape index (κ3) is 3.25. The van der Waals surface area contributed by atoms with Crippen LogP contribution in [0.4, 0.5) is 23.2 Å². The molecule has 0 bridgehead atoms. The maximum atomic E-state index is 13.9. The zero-order chi connectivity index (χ0) is 19.1. The van der Waals surface area contributed by atoms with Crippen molar-refractivity contribution in [3.05, 3.63) is 58.9 Å². The molecular weight excluding hydrogens is 350 g/mol. The minimum Gasteiger partial charge on any atom is -0.496 e. The summed E-state index contributed by atoms with van der Waals surface area (Å²) in [6, 6.07) is 7.29. The van der Waals surface area contributed by atoms with Gasteiger partial charge < -0.3 is 10.1 Å². The van der Waals surface area contributed by atoms with Gasteiger partial charge in [-0.25, -0.2) is 4.39 Å². The molecule has 1 aliphatic carbocycles. The van der Waals surface area contributed by atoms with Crippen LogP contribution in [0.15, 0.2) is 36.4 Å². The second-order valence-electron chi connectivity index (χ2n) is 6.41. The highest BCUT2D eigenvalue weighted by molar-refractivity contribution is 6.01. The van der Waals surface area contributed by atoms with E-state index in [2.05, 4.69) is 5.32 Å². The fourth-order valence-corrected chi connectivity index (χ4v) is 2.93. The number of aryl methyl sites for hydroxylation is 1. The molecule has 0 saturated heterocycles. The van der Waals surface area contributed by atoms with E-state index in [1.165, 1.54) is 7.11 Å². The number of carbonyl (C=O) groups excluding carboxylic acids is 1. The van der Waals surface area contributed by atoms with E-state index in [0.29, 0.717) is 42.4 Å². The summed E-state index contributed by atoms with van der Waals surface area (Å²) in [7, 11) is 1.52. The van der Waals surface area contributed by atoms with E-state index in [4.69, 9.17) is 4.74 Å². The number of carbonyl (C=O) groups is 1. The lowest BCUT2D eigenvalue weighted by Gasteiger charge is -2.18. The van der Waals surface area contributed by atoms with Crippen molar-refractivity contribution < 1.29 is 27.1 Å². The number of hydrogen-bond donors (Lipinski definition) is 1. The summed E-state index contributed by atoms with van der Waals surface area (Å²) in [4.78, 5) is 12.7. The van der Waals surface area contributed by atoms with Crippen molar-refractivity contribution in [1.29, 1.82) is 0 Å². The van der Waals surface area contributed by atoms with E-state index in [1.807, 2.05) is 13.0 Å². The first-order valence-electron chi connectivity index (χ1n) is 8.01. The standard InChI is InChI=1S/C19H17F4NO2/c1-11-3-4-12(10-16(11)26-2)18(7-8-18)17(25)24-15-9-13(19(21,22)23)5-6-14(15)20/h3-6,9-10H,7-8H2,1-2H3,(H,24,25). The summed E-state index contributed by atoms with van der Waals surface area (Å²) < 4.78 is 57.6. The predicted octanol–water partition coefficient (Wildman–Crippen LogP) is 4.83. The van der Waals surface area contributed by atoms with Crippen LogP contribution in [-0.4, -0.2) is 13.0 Å². The monoisotopic (exact) mass is 367 g/mol. The van der Waals surface area contributed by atoms with Crippen molar-refractivity contribution in [3.63, 3.8) is 0 Å². The first-order valence-corrected chi connectivity index (χ1v) is 8.01. The number of halogens is 4. The number of amides is 1. The smallest absolute Gasteiger partial charge is 0.416 e. The quantitative estimate of drug-likeness (QED) is 0.786. The molecule has 0 heterocycles. The Hall–Kier alpha value is -2.57. The summed E-state index contributed by atoms with van der Waals surface area (Å²) in [6.45, 7) is 1.86. The minimum atomic E-state index is -4.62. The van der Waals surface area contributed by atoms with Gasteiger partial charge in [-0.1, -0.05) is 12.1 Å². The van der Waals surface area contributed by atoms with Gasteiger partial charge in [0.2, 0.25) is 5.91 Å². The average Bonchev–Trinajstić information content (AvgIpc) is 3.38. The van der Waals surface area contributed by atoms with Gasteiger partial charge in [0.25, 0.3) is 0 Å². The molecule has 3 rings (SSSR count). The Balaban J connectivity index is 1.89. The van der Waals surface area contributed by atoms with Gasteiger partial charge >= 0.3 is 6.18 Å². The van der Waals surface area contributed by atoms with E-state index < -0.39 is 34.6 Å². The molecule has 1 fully saturated rings. The molecule has 1 aliphatic rings. The van der Waals surface area contributed by atoms with Crippen molar-refractivity contribution in [1.82, 2.24) is 0 Å². The Labute approximate surface area is 148 Å². The zero-order valence-electron chi connectivity index (χ0n) is 14.2. The van der Waals surface area contributed by atoms with Crippen LogP contribution in [-0.2, 0) is 16.4 Å². The molecule has 1 saturated carbocycles. The Kier molecular flexibility index (Phi) is 4.42. The number of ether oxygens (including phenoxy) is 1. The molecule has 1 N–H and O–H groups in total. The van der Waals surface area contributed by atoms with Gasteiger partial charge in [0.15, 0.2) is 0 Å². The van der Waals surface area contributed by atoms with Gasteiger partial charge in [0, 0.05) is 0 Å². The predicted molar refractivity (Wildman–Crippen MR) is 88.7 cm³/mol. The average molecular weight is 367 g/mol. The van der Waals surface area contributed by atoms with Crippen molar-refractivity contribution in [3.8, 4) is 5.75 Å². The molecular formula is C19H17F4NO2. The van der Waals surface area contributed by atoms with Crippen molar-refractivity contribution in [2.24, 2.45) is 0 Å². The third-order valence-corrected chi connectivity index (χ3v) is 4.69. The van der Waals surface area contributed by atoms with Crippen molar-refractivity contribution in [2.75, 3.05) is 12.4 Å². The van der Waals surface area contributed by atoms with E-state index in [9.17, 15) is 22.4 Å². The molecule has 3 nitrogen and oxygen atoms in total. The molecule has 0 radical (unpaired) electrons. The highest BCUT2D eigenvalue weighted by Crippen LogP contribution is 2.50. The lowest BCUT2D eigenvalue weighted by molar-refractivity contribution is -0.137. The molecule has 26 heavy (non-hydrogen) atoms. The normalized spacial score (nSPS) is 15.5. The van der Waals surface area contributed by atoms with Gasteiger partial charge in [0.1, 0.15) is 11.6 Å². The van der Waals surface area contributed by atoms with Crippen LogP contribution < -0.4 is 10.1 Å². The van der Waals surface area contributed by atoms with Crippen molar-refractivity contribution in [2.45, 2.75) is 31.4 Å². The van der Waals surface area contributed by atoms with Gasteiger partial charge in [0.05, 0.1) is 23.8 Å². The van der Waals surface area contributed by atoms with E-state index in [0.717, 1.165) is 5.56 Å². The summed E-state index contributed by atoms with van der Waals surface area (Å²) in [6.07, 6.45) is -3.55. The van der Waals surface area contributed by atoms with Crippen LogP contribution in [0.5, 0.6) is 5.75 Å². The van der Waals surface area contributed by atoms with Crippen LogP contribution >= 0.6 is 0 Å². The number of anilines is 1. The second kappa shape index (κ2) is 6.30. The molecule has 0 spiro atoms. The highest BCUT2D eigenvalue weighted by atomic mass is 19.4. The summed E-state index contributed by atoms with van der Waals surface area (Å²) >= 11 is 0. The largest absolute Gasteiger partial charge is 0.496 e. The molecule has 138 valence electrons. The minimum absolute atomic E-state index is 0.477. The Morgan fingerprint density at radius 3 is 2.42 bits per heavy atom. The van der Waals surface area contributed by atoms with Gasteiger partial charge in [-0.2, -0.15) is 13.2 Å². The van der Waals surface area contributed by atoms with Gasteiger partial charge in [-0.05, 0) is 55.2 Å². The fraction of sp³-hybridized carbons (Fsp3) is 0.316. The number of rotatable bonds is 4. The molecule has 0 unspecified atom stereocenters. The maximum Gasteiger partial charge on any atom is 0.416 e. The van der Waals surface area contributed by atoms with Crippen LogP contribution in [0.2, 0.25) is 0 Å². The molecule has 1 amide bonds. The van der Waals surface area contributed by atoms with Gasteiger partial charge in [-0.3, -0.25) is 4.79 Å². The highest BCUT2D eigenvalue weighted by Gasteiger charge is 2.51. The Bertz CT molecular complexity index is 857. The topological polar surface area (TPSA) is 38.3 Å². The van der Waals surface area contributed by atoms with Crippen LogP contribution in [0.25, 0.3) is 0 Å². The lowest BCUT2D eigenvalue weighted by atomic mass is 9.93. The van der Waals surface area contributed by atoms with Crippen LogP contribution in [0, 0.1) is 12.7 Å². The number of nitrogens with one attached hydrogen (secondary N) is 1. The number of methoxy groups -OCH3 is 1. The Morgan fingerprint density at radius 2 is 1.85 bits per heavy atom.